The summed E-state index contributed by atoms with van der Waals surface area (Å²) in [6.45, 7) is 2.74. The van der Waals surface area contributed by atoms with E-state index in [0.717, 1.165) is 66.7 Å². The molecule has 2 aliphatic rings. The first-order valence-electron chi connectivity index (χ1n) is 11.7. The Kier molecular flexibility index (Phi) is 5.98. The second kappa shape index (κ2) is 9.21. The maximum Gasteiger partial charge on any atom is 0.227 e. The zero-order valence-corrected chi connectivity index (χ0v) is 19.3. The van der Waals surface area contributed by atoms with Crippen LogP contribution in [0.25, 0.3) is 11.3 Å². The number of hydrogen-bond acceptors (Lipinski definition) is 6. The number of carbonyl (C=O) groups is 1. The minimum absolute atomic E-state index is 0.0514. The fraction of sp³-hybridized carbons (Fsp3) is 0.440. The number of anilines is 1. The first-order valence-corrected chi connectivity index (χ1v) is 11.7. The molecule has 172 valence electrons. The van der Waals surface area contributed by atoms with E-state index in [1.54, 1.807) is 7.11 Å². The topological polar surface area (TPSA) is 76.4 Å². The molecule has 3 aromatic rings. The number of rotatable bonds is 6. The number of ether oxygens (including phenoxy) is 1. The molecule has 0 unspecified atom stereocenters. The molecule has 0 spiro atoms. The molecule has 1 aromatic carbocycles. The van der Waals surface area contributed by atoms with Gasteiger partial charge in [0.15, 0.2) is 0 Å². The third-order valence-corrected chi connectivity index (χ3v) is 6.54. The molecule has 2 aromatic heterocycles. The van der Waals surface area contributed by atoms with Gasteiger partial charge >= 0.3 is 0 Å². The van der Waals surface area contributed by atoms with Crippen LogP contribution in [0.2, 0.25) is 0 Å². The molecule has 8 heteroatoms. The molecule has 2 aliphatic heterocycles. The summed E-state index contributed by atoms with van der Waals surface area (Å²) in [5.74, 6) is 1.66. The minimum Gasteiger partial charge on any atom is -0.497 e. The van der Waals surface area contributed by atoms with Crippen molar-refractivity contribution in [1.29, 1.82) is 0 Å². The predicted molar refractivity (Wildman–Crippen MR) is 126 cm³/mol. The van der Waals surface area contributed by atoms with Gasteiger partial charge in [0.05, 0.1) is 31.0 Å². The van der Waals surface area contributed by atoms with Crippen molar-refractivity contribution >= 4 is 11.9 Å². The summed E-state index contributed by atoms with van der Waals surface area (Å²) in [6.07, 6.45) is 8.41. The molecule has 0 bridgehead atoms. The largest absolute Gasteiger partial charge is 0.497 e. The van der Waals surface area contributed by atoms with Crippen molar-refractivity contribution < 1.29 is 9.53 Å². The van der Waals surface area contributed by atoms with E-state index >= 15 is 0 Å². The quantitative estimate of drug-likeness (QED) is 0.578. The minimum atomic E-state index is -0.0514. The van der Waals surface area contributed by atoms with Crippen molar-refractivity contribution in [2.24, 2.45) is 7.05 Å². The van der Waals surface area contributed by atoms with Gasteiger partial charge in [0.1, 0.15) is 5.75 Å². The molecule has 8 nitrogen and oxygen atoms in total. The Morgan fingerprint density at radius 1 is 1.15 bits per heavy atom. The molecular weight excluding hydrogens is 416 g/mol. The Labute approximate surface area is 194 Å². The number of carbonyl (C=O) groups excluding carboxylic acids is 1. The van der Waals surface area contributed by atoms with Gasteiger partial charge in [-0.2, -0.15) is 5.10 Å². The summed E-state index contributed by atoms with van der Waals surface area (Å²) in [5.41, 5.74) is 3.71. The second-order valence-electron chi connectivity index (χ2n) is 8.81. The Hall–Kier alpha value is -3.42. The maximum absolute atomic E-state index is 13.3. The number of nitrogens with zero attached hydrogens (tertiary/aromatic N) is 6. The van der Waals surface area contributed by atoms with Crippen LogP contribution < -0.4 is 9.64 Å². The normalized spacial score (nSPS) is 18.2. The summed E-state index contributed by atoms with van der Waals surface area (Å²) < 4.78 is 7.14. The van der Waals surface area contributed by atoms with Crippen LogP contribution in [0.5, 0.6) is 5.75 Å². The first kappa shape index (κ1) is 21.4. The molecule has 2 saturated heterocycles. The number of amides is 1. The molecule has 33 heavy (non-hydrogen) atoms. The Balaban J connectivity index is 1.41. The van der Waals surface area contributed by atoms with Crippen LogP contribution in [0, 0.1) is 0 Å². The second-order valence-corrected chi connectivity index (χ2v) is 8.81. The Bertz CT molecular complexity index is 1140. The van der Waals surface area contributed by atoms with Crippen molar-refractivity contribution in [3.63, 3.8) is 0 Å². The third-order valence-electron chi connectivity index (χ3n) is 6.54. The Morgan fingerprint density at radius 2 is 2.00 bits per heavy atom. The summed E-state index contributed by atoms with van der Waals surface area (Å²) in [6, 6.07) is 9.60. The van der Waals surface area contributed by atoms with E-state index in [1.807, 2.05) is 59.4 Å². The van der Waals surface area contributed by atoms with E-state index < -0.39 is 0 Å². The molecule has 0 saturated carbocycles. The first-order chi connectivity index (χ1) is 16.1. The number of aromatic nitrogens is 4. The fourth-order valence-corrected chi connectivity index (χ4v) is 4.93. The molecule has 1 amide bonds. The van der Waals surface area contributed by atoms with Crippen molar-refractivity contribution in [1.82, 2.24) is 24.6 Å². The number of likely N-dealkylation sites (tertiary alicyclic amines) is 1. The third kappa shape index (κ3) is 4.42. The molecule has 0 radical (unpaired) electrons. The van der Waals surface area contributed by atoms with Gasteiger partial charge in [-0.15, -0.1) is 0 Å². The molecule has 1 atom stereocenters. The van der Waals surface area contributed by atoms with Gasteiger partial charge in [0.25, 0.3) is 0 Å². The smallest absolute Gasteiger partial charge is 0.227 e. The highest BCUT2D eigenvalue weighted by Gasteiger charge is 2.34. The molecule has 0 aliphatic carbocycles. The van der Waals surface area contributed by atoms with E-state index in [2.05, 4.69) is 9.88 Å². The fourth-order valence-electron chi connectivity index (χ4n) is 4.93. The van der Waals surface area contributed by atoms with Crippen molar-refractivity contribution in [3.8, 4) is 17.0 Å². The van der Waals surface area contributed by atoms with Gasteiger partial charge in [-0.1, -0.05) is 12.1 Å². The van der Waals surface area contributed by atoms with E-state index in [0.29, 0.717) is 6.42 Å². The molecule has 0 N–H and O–H groups in total. The van der Waals surface area contributed by atoms with Crippen molar-refractivity contribution in [2.75, 3.05) is 31.6 Å². The number of benzene rings is 1. The lowest BCUT2D eigenvalue weighted by atomic mass is 10.0. The summed E-state index contributed by atoms with van der Waals surface area (Å²) in [4.78, 5) is 26.9. The van der Waals surface area contributed by atoms with Crippen LogP contribution in [-0.4, -0.2) is 57.3 Å². The molecule has 5 rings (SSSR count). The van der Waals surface area contributed by atoms with Crippen LogP contribution in [0.15, 0.2) is 42.7 Å². The molecule has 4 heterocycles. The summed E-state index contributed by atoms with van der Waals surface area (Å²) in [5, 5.41) is 4.79. The maximum atomic E-state index is 13.3. The van der Waals surface area contributed by atoms with E-state index in [9.17, 15) is 4.79 Å². The zero-order valence-electron chi connectivity index (χ0n) is 19.3. The molecular formula is C25H30N6O2. The number of hydrogen-bond donors (Lipinski definition) is 0. The summed E-state index contributed by atoms with van der Waals surface area (Å²) >= 11 is 0. The van der Waals surface area contributed by atoms with E-state index in [4.69, 9.17) is 14.8 Å². The van der Waals surface area contributed by atoms with Crippen LogP contribution in [0.3, 0.4) is 0 Å². The van der Waals surface area contributed by atoms with Crippen molar-refractivity contribution in [3.05, 3.63) is 54.0 Å². The summed E-state index contributed by atoms with van der Waals surface area (Å²) in [7, 11) is 3.56. The van der Waals surface area contributed by atoms with Gasteiger partial charge in [-0.25, -0.2) is 9.97 Å². The average Bonchev–Trinajstić information content (AvgIpc) is 3.59. The van der Waals surface area contributed by atoms with Crippen LogP contribution in [-0.2, 0) is 18.3 Å². The number of methoxy groups -OCH3 is 1. The monoisotopic (exact) mass is 446 g/mol. The highest BCUT2D eigenvalue weighted by atomic mass is 16.5. The van der Waals surface area contributed by atoms with E-state index in [1.165, 1.54) is 12.8 Å². The Morgan fingerprint density at radius 3 is 2.82 bits per heavy atom. The van der Waals surface area contributed by atoms with Gasteiger partial charge in [-0.05, 0) is 49.4 Å². The van der Waals surface area contributed by atoms with Crippen molar-refractivity contribution in [2.45, 2.75) is 38.1 Å². The van der Waals surface area contributed by atoms with Crippen LogP contribution in [0.1, 0.15) is 43.0 Å². The highest BCUT2D eigenvalue weighted by Crippen LogP contribution is 2.37. The van der Waals surface area contributed by atoms with E-state index in [-0.39, 0.29) is 11.9 Å². The lowest BCUT2D eigenvalue weighted by molar-refractivity contribution is -0.131. The highest BCUT2D eigenvalue weighted by molar-refractivity contribution is 5.80. The lowest BCUT2D eigenvalue weighted by Crippen LogP contribution is -2.32. The lowest BCUT2D eigenvalue weighted by Gasteiger charge is -2.24. The van der Waals surface area contributed by atoms with Gasteiger partial charge in [0.2, 0.25) is 11.9 Å². The van der Waals surface area contributed by atoms with Crippen LogP contribution in [0.4, 0.5) is 5.95 Å². The SMILES string of the molecule is COc1cccc(CC(=O)N2CCC[C@@H]2c2nn(C)cc2-c2ccnc(N3CCCC3)n2)c1. The number of aryl methyl sites for hydroxylation is 1. The zero-order chi connectivity index (χ0) is 22.8. The standard InChI is InChI=1S/C25H30N6O2/c1-29-17-20(21-10-11-26-25(27-21)30-12-3-4-13-30)24(28-29)22-9-6-14-31(22)23(32)16-18-7-5-8-19(15-18)33-2/h5,7-8,10-11,15,17,22H,3-4,6,9,12-14,16H2,1-2H3/t22-/m1/s1. The predicted octanol–water partition coefficient (Wildman–Crippen LogP) is 3.39. The average molecular weight is 447 g/mol. The van der Waals surface area contributed by atoms with Gasteiger partial charge in [-0.3, -0.25) is 9.48 Å². The van der Waals surface area contributed by atoms with Gasteiger partial charge < -0.3 is 14.5 Å². The molecule has 2 fully saturated rings. The van der Waals surface area contributed by atoms with Crippen LogP contribution >= 0.6 is 0 Å². The van der Waals surface area contributed by atoms with Gasteiger partial charge in [0, 0.05) is 44.6 Å².